The Kier molecular flexibility index (Phi) is 6.23. The predicted molar refractivity (Wildman–Crippen MR) is 138 cm³/mol. The summed E-state index contributed by atoms with van der Waals surface area (Å²) in [6.45, 7) is 2.12. The maximum atomic E-state index is 13.2. The number of thiophene rings is 1. The van der Waals surface area contributed by atoms with Crippen LogP contribution >= 0.6 is 11.3 Å². The topological polar surface area (TPSA) is 56.1 Å². The zero-order valence-electron chi connectivity index (χ0n) is 18.6. The summed E-state index contributed by atoms with van der Waals surface area (Å²) in [4.78, 5) is 14.1. The van der Waals surface area contributed by atoms with Crippen LogP contribution < -0.4 is 5.32 Å². The molecule has 0 radical (unpaired) electrons. The maximum absolute atomic E-state index is 13.2. The number of esters is 1. The highest BCUT2D eigenvalue weighted by Crippen LogP contribution is 2.46. The van der Waals surface area contributed by atoms with E-state index in [0.717, 1.165) is 38.1 Å². The highest BCUT2D eigenvalue weighted by Gasteiger charge is 2.28. The van der Waals surface area contributed by atoms with E-state index in [0.29, 0.717) is 12.2 Å². The third kappa shape index (κ3) is 4.36. The fraction of sp³-hybridized carbons (Fsp3) is 0.0714. The van der Waals surface area contributed by atoms with Crippen LogP contribution in [0.5, 0.6) is 0 Å². The summed E-state index contributed by atoms with van der Waals surface area (Å²) >= 11 is 1.50. The van der Waals surface area contributed by atoms with Gasteiger partial charge in [0.2, 0.25) is 0 Å². The number of carbonyl (C=O) groups excluding carboxylic acids is 1. The normalized spacial score (nSPS) is 10.7. The second-order valence-corrected chi connectivity index (χ2v) is 8.59. The monoisotopic (exact) mass is 465 g/mol. The van der Waals surface area contributed by atoms with Gasteiger partial charge in [-0.25, -0.2) is 9.48 Å². The van der Waals surface area contributed by atoms with E-state index in [1.54, 1.807) is 0 Å². The van der Waals surface area contributed by atoms with E-state index in [-0.39, 0.29) is 5.97 Å². The van der Waals surface area contributed by atoms with Crippen molar-refractivity contribution < 1.29 is 9.53 Å². The number of hydrogen-bond donors (Lipinski definition) is 1. The van der Waals surface area contributed by atoms with Crippen molar-refractivity contribution in [2.24, 2.45) is 0 Å². The molecule has 6 heteroatoms. The Morgan fingerprint density at radius 3 is 2.24 bits per heavy atom. The molecule has 0 bridgehead atoms. The first-order valence-electron chi connectivity index (χ1n) is 11.1. The zero-order valence-corrected chi connectivity index (χ0v) is 19.5. The molecule has 0 saturated carbocycles. The highest BCUT2D eigenvalue weighted by atomic mass is 32.1. The molecule has 168 valence electrons. The second-order valence-electron chi connectivity index (χ2n) is 7.57. The van der Waals surface area contributed by atoms with Crippen LogP contribution in [0.4, 0.5) is 10.7 Å². The van der Waals surface area contributed by atoms with Crippen LogP contribution in [0.3, 0.4) is 0 Å². The number of benzene rings is 3. The number of rotatable bonds is 7. The van der Waals surface area contributed by atoms with Crippen molar-refractivity contribution in [2.45, 2.75) is 6.92 Å². The molecule has 3 aromatic carbocycles. The van der Waals surface area contributed by atoms with Crippen molar-refractivity contribution in [3.8, 4) is 27.4 Å². The van der Waals surface area contributed by atoms with Gasteiger partial charge in [0.05, 0.1) is 17.2 Å². The quantitative estimate of drug-likeness (QED) is 0.259. The molecule has 0 unspecified atom stereocenters. The van der Waals surface area contributed by atoms with Crippen molar-refractivity contribution in [2.75, 3.05) is 11.9 Å². The molecule has 0 aliphatic rings. The number of carbonyl (C=O) groups is 1. The molecule has 5 nitrogen and oxygen atoms in total. The van der Waals surface area contributed by atoms with Crippen molar-refractivity contribution in [1.29, 1.82) is 0 Å². The Morgan fingerprint density at radius 2 is 1.56 bits per heavy atom. The summed E-state index contributed by atoms with van der Waals surface area (Å²) in [7, 11) is 0. The summed E-state index contributed by atoms with van der Waals surface area (Å²) in [5, 5.41) is 9.01. The molecule has 34 heavy (non-hydrogen) atoms. The molecule has 2 aromatic heterocycles. The lowest BCUT2D eigenvalue weighted by atomic mass is 10.00. The van der Waals surface area contributed by atoms with E-state index in [4.69, 9.17) is 9.84 Å². The minimum Gasteiger partial charge on any atom is -0.462 e. The van der Waals surface area contributed by atoms with Crippen LogP contribution in [0.25, 0.3) is 27.4 Å². The molecule has 5 aromatic rings. The number of para-hydroxylation sites is 2. The van der Waals surface area contributed by atoms with Gasteiger partial charge in [0.25, 0.3) is 0 Å². The van der Waals surface area contributed by atoms with E-state index in [9.17, 15) is 4.79 Å². The van der Waals surface area contributed by atoms with Crippen LogP contribution in [0.2, 0.25) is 0 Å². The Bertz CT molecular complexity index is 1390. The number of hydrogen-bond acceptors (Lipinski definition) is 5. The first-order valence-corrected chi connectivity index (χ1v) is 11.9. The van der Waals surface area contributed by atoms with Crippen LogP contribution in [0.15, 0.2) is 103 Å². The van der Waals surface area contributed by atoms with Gasteiger partial charge in [0.1, 0.15) is 16.3 Å². The van der Waals surface area contributed by atoms with Gasteiger partial charge in [0, 0.05) is 17.4 Å². The lowest BCUT2D eigenvalue weighted by Gasteiger charge is -2.10. The van der Waals surface area contributed by atoms with E-state index >= 15 is 0 Å². The summed E-state index contributed by atoms with van der Waals surface area (Å²) in [6.07, 6.45) is 1.94. The number of anilines is 2. The molecular formula is C28H23N3O2S. The highest BCUT2D eigenvalue weighted by molar-refractivity contribution is 7.20. The Hall–Kier alpha value is -4.16. The summed E-state index contributed by atoms with van der Waals surface area (Å²) in [5.41, 5.74) is 4.94. The molecule has 0 amide bonds. The molecule has 1 N–H and O–H groups in total. The van der Waals surface area contributed by atoms with E-state index in [2.05, 4.69) is 5.32 Å². The molecule has 5 rings (SSSR count). The third-order valence-electron chi connectivity index (χ3n) is 5.32. The van der Waals surface area contributed by atoms with E-state index in [1.807, 2.05) is 115 Å². The third-order valence-corrected chi connectivity index (χ3v) is 6.45. The lowest BCUT2D eigenvalue weighted by Crippen LogP contribution is -2.07. The van der Waals surface area contributed by atoms with Gasteiger partial charge in [-0.1, -0.05) is 66.7 Å². The van der Waals surface area contributed by atoms with Gasteiger partial charge in [-0.2, -0.15) is 5.10 Å². The predicted octanol–water partition coefficient (Wildman–Crippen LogP) is 7.19. The van der Waals surface area contributed by atoms with Crippen molar-refractivity contribution in [3.63, 3.8) is 0 Å². The molecule has 0 fully saturated rings. The van der Waals surface area contributed by atoms with Gasteiger partial charge < -0.3 is 10.1 Å². The van der Waals surface area contributed by atoms with Crippen molar-refractivity contribution in [1.82, 2.24) is 9.78 Å². The zero-order chi connectivity index (χ0) is 23.3. The standard InChI is InChI=1S/C28H23N3O2S/c1-2-33-28(32)25-24(20-12-6-3-7-13-20)26(34-27(25)29-21-14-8-4-9-15-21)23-18-19-31(30-23)22-16-10-5-11-17-22/h3-19,29H,2H2,1H3. The molecule has 0 saturated heterocycles. The van der Waals surface area contributed by atoms with Gasteiger partial charge in [-0.05, 0) is 42.8 Å². The number of nitrogens with one attached hydrogen (secondary N) is 1. The molecule has 0 aliphatic heterocycles. The van der Waals surface area contributed by atoms with Crippen molar-refractivity contribution >= 4 is 28.0 Å². The van der Waals surface area contributed by atoms with E-state index in [1.165, 1.54) is 11.3 Å². The number of nitrogens with zero attached hydrogens (tertiary/aromatic N) is 2. The summed E-state index contributed by atoms with van der Waals surface area (Å²) < 4.78 is 7.34. The average Bonchev–Trinajstić information content (AvgIpc) is 3.51. The van der Waals surface area contributed by atoms with Crippen LogP contribution in [0.1, 0.15) is 17.3 Å². The lowest BCUT2D eigenvalue weighted by molar-refractivity contribution is 0.0529. The first kappa shape index (κ1) is 21.7. The average molecular weight is 466 g/mol. The number of ether oxygens (including phenoxy) is 1. The van der Waals surface area contributed by atoms with Gasteiger partial charge in [-0.3, -0.25) is 0 Å². The minimum absolute atomic E-state index is 0.297. The Balaban J connectivity index is 1.70. The van der Waals surface area contributed by atoms with Gasteiger partial charge >= 0.3 is 5.97 Å². The second kappa shape index (κ2) is 9.77. The van der Waals surface area contributed by atoms with E-state index < -0.39 is 0 Å². The van der Waals surface area contributed by atoms with Gasteiger partial charge in [0.15, 0.2) is 0 Å². The largest absolute Gasteiger partial charge is 0.462 e. The fourth-order valence-electron chi connectivity index (χ4n) is 3.80. The smallest absolute Gasteiger partial charge is 0.341 e. The van der Waals surface area contributed by atoms with Crippen LogP contribution in [-0.2, 0) is 4.74 Å². The maximum Gasteiger partial charge on any atom is 0.341 e. The molecular weight excluding hydrogens is 442 g/mol. The van der Waals surface area contributed by atoms with Gasteiger partial charge in [-0.15, -0.1) is 11.3 Å². The molecule has 0 aliphatic carbocycles. The Labute approximate surface area is 202 Å². The summed E-state index contributed by atoms with van der Waals surface area (Å²) in [5.74, 6) is -0.357. The SMILES string of the molecule is CCOC(=O)c1c(Nc2ccccc2)sc(-c2ccn(-c3ccccc3)n2)c1-c1ccccc1. The number of aromatic nitrogens is 2. The molecule has 0 spiro atoms. The van der Waals surface area contributed by atoms with Crippen molar-refractivity contribution in [3.05, 3.63) is 109 Å². The minimum atomic E-state index is -0.357. The first-order chi connectivity index (χ1) is 16.7. The molecule has 2 heterocycles. The van der Waals surface area contributed by atoms with Crippen LogP contribution in [0, 0.1) is 0 Å². The Morgan fingerprint density at radius 1 is 0.912 bits per heavy atom. The summed E-state index contributed by atoms with van der Waals surface area (Å²) in [6, 6.07) is 31.7. The van der Waals surface area contributed by atoms with Crippen LogP contribution in [-0.4, -0.2) is 22.4 Å². The fourth-order valence-corrected chi connectivity index (χ4v) is 5.00. The molecule has 0 atom stereocenters.